The van der Waals surface area contributed by atoms with Crippen LogP contribution in [-0.4, -0.2) is 123 Å². The number of anilines is 2. The van der Waals surface area contributed by atoms with Crippen molar-refractivity contribution in [1.29, 1.82) is 0 Å². The van der Waals surface area contributed by atoms with Crippen molar-refractivity contribution in [3.8, 4) is 33.8 Å². The molecule has 0 saturated heterocycles. The Bertz CT molecular complexity index is 6170. The van der Waals surface area contributed by atoms with E-state index < -0.39 is 20.9 Å². The number of thiazole rings is 1. The minimum absolute atomic E-state index is 0. The van der Waals surface area contributed by atoms with E-state index in [1.165, 1.54) is 68.8 Å². The second-order valence-electron chi connectivity index (χ2n) is 31.9. The summed E-state index contributed by atoms with van der Waals surface area (Å²) in [6.07, 6.45) is 14.5. The van der Waals surface area contributed by atoms with Gasteiger partial charge in [0.15, 0.2) is 9.34 Å². The Morgan fingerprint density at radius 2 is 0.758 bits per heavy atom. The van der Waals surface area contributed by atoms with E-state index in [1.807, 2.05) is 121 Å². The molecule has 7 aliphatic carbocycles. The fraction of sp³-hybridized carbons (Fsp3) is 0.292. The third-order valence-corrected chi connectivity index (χ3v) is 30.1. The molecule has 4 heterocycles. The zero-order chi connectivity index (χ0) is 93.9. The Morgan fingerprint density at radius 3 is 1.10 bits per heavy atom. The number of methoxy groups -OCH3 is 5. The molecule has 1 amide bonds. The molecule has 0 bridgehead atoms. The van der Waals surface area contributed by atoms with Crippen LogP contribution < -0.4 is 15.8 Å². The molecule has 0 aliphatic heterocycles. The Hall–Kier alpha value is -9.21. The van der Waals surface area contributed by atoms with Crippen LogP contribution in [0.4, 0.5) is 16.5 Å². The minimum atomic E-state index is -3.87. The second kappa shape index (κ2) is 46.8. The number of carbonyl (C=O) groups excluding carboxylic acids is 6. The largest absolute Gasteiger partial charge is 0.481 e. The first kappa shape index (κ1) is 105. The van der Waals surface area contributed by atoms with E-state index in [9.17, 15) is 52.1 Å². The van der Waals surface area contributed by atoms with E-state index in [-0.39, 0.29) is 116 Å². The molecule has 25 nitrogen and oxygen atoms in total. The van der Waals surface area contributed by atoms with E-state index >= 15 is 0 Å². The molecular formula is C96H91Br4Cl4N8O17S2W-. The van der Waals surface area contributed by atoms with Crippen molar-refractivity contribution in [2.45, 2.75) is 101 Å². The van der Waals surface area contributed by atoms with Gasteiger partial charge >= 0.3 is 35.8 Å². The van der Waals surface area contributed by atoms with Crippen LogP contribution >= 0.6 is 121 Å². The quantitative estimate of drug-likeness (QED) is 0.0241. The number of hydrogen-bond donors (Lipinski definition) is 3. The summed E-state index contributed by atoms with van der Waals surface area (Å²) in [7, 11) is 4.80. The summed E-state index contributed by atoms with van der Waals surface area (Å²) in [5.74, 6) is -2.66. The summed E-state index contributed by atoms with van der Waals surface area (Å²) in [5, 5.41) is 28.0. The van der Waals surface area contributed by atoms with E-state index in [2.05, 4.69) is 101 Å². The maximum Gasteiger partial charge on any atom is 0.309 e. The summed E-state index contributed by atoms with van der Waals surface area (Å²) in [6, 6.07) is 46.0. The number of primary sulfonamides is 1. The van der Waals surface area contributed by atoms with Crippen LogP contribution in [0.25, 0.3) is 33.8 Å². The SMILES string of the molecule is COC(=O)C1Cc2cc(Br)c([N+](=O)[O-])cc2C1.COC(=O)C1Cc2cc(Cl)c(-c3ccccn3)cc2C1.COC(=O)C1Cc2cc(Cl)c(Br)cc2C1.COC(=O)C1Cc2cc(N)c(Br)cc2C1.COC(=O)C1Cc2ccc(Br)cc2C1.Cc1nc(N(C)C(=O)C2Cc3cc(Cl)c(-c4ccccn4)cc3C2)sc1S(N)(=O)=O.O=C(O)C1Cc2cc(Cl)c(-c3ccccn3)cc2C1.[CH3-].[W]. The number of benzene rings is 7. The topological polar surface area (TPSA) is 370 Å². The Balaban J connectivity index is 0.000000162. The van der Waals surface area contributed by atoms with Gasteiger partial charge in [0, 0.05) is 94.5 Å². The number of halogens is 8. The van der Waals surface area contributed by atoms with Crippen LogP contribution in [0.5, 0.6) is 0 Å². The van der Waals surface area contributed by atoms with Crippen LogP contribution in [0.3, 0.4) is 0 Å². The Morgan fingerprint density at radius 1 is 0.447 bits per heavy atom. The van der Waals surface area contributed by atoms with Gasteiger partial charge in [-0.05, 0) is 338 Å². The van der Waals surface area contributed by atoms with Crippen LogP contribution in [0.2, 0.25) is 20.1 Å². The average molecular weight is 2340 g/mol. The number of nitro benzene ring substituents is 1. The third kappa shape index (κ3) is 25.7. The van der Waals surface area contributed by atoms with E-state index in [4.69, 9.17) is 81.3 Å². The third-order valence-electron chi connectivity index (χ3n) is 23.4. The van der Waals surface area contributed by atoms with Crippen molar-refractivity contribution in [3.05, 3.63) is 303 Å². The average Bonchev–Trinajstić information content (AvgIpc) is 1.63. The molecular weight excluding hydrogens is 2250 g/mol. The van der Waals surface area contributed by atoms with Crippen LogP contribution in [-0.2, 0) is 178 Å². The van der Waals surface area contributed by atoms with Crippen LogP contribution in [0, 0.1) is 65.9 Å². The molecule has 0 saturated carbocycles. The number of carboxylic acids is 1. The number of nitrogens with zero attached hydrogens (tertiary/aromatic N) is 6. The van der Waals surface area contributed by atoms with Crippen molar-refractivity contribution in [1.82, 2.24) is 19.9 Å². The summed E-state index contributed by atoms with van der Waals surface area (Å²) in [5.41, 5.74) is 27.4. The molecule has 7 unspecified atom stereocenters. The molecule has 692 valence electrons. The number of hydrogen-bond acceptors (Lipinski definition) is 22. The number of carboxylic acid groups (broad SMARTS) is 1. The number of sulfonamides is 1. The number of nitrogen functional groups attached to an aromatic ring is 1. The first-order valence-electron chi connectivity index (χ1n) is 40.8. The second-order valence-corrected chi connectivity index (χ2v) is 39.7. The fourth-order valence-electron chi connectivity index (χ4n) is 16.9. The Labute approximate surface area is 836 Å². The molecule has 0 fully saturated rings. The number of ether oxygens (including phenoxy) is 5. The molecule has 0 spiro atoms. The standard InChI is InChI=1S/C20H19ClN4O3S2.C16H14ClNO2.C15H12ClNO2.C11H10BrClO2.C11H10BrNO4.C11H12BrNO2.C11H11BrO2.CH3.W/c1-11-19(30(22,27)28)29-20(24-11)25(2)18(26)14-7-12-9-15(16(21)10-13(12)8-14)17-5-3-4-6-23-17;1-20-16(19)12-6-10-8-13(14(17)9-11(10)7-12)15-4-2-3-5-18-15;16-13-8-10-6-11(15(18)19)5-9(10)7-12(13)14-3-1-2-4-17-14;1-15-11(14)8-2-6-4-9(12)10(13)5-7(6)3-8;1-17-11(14)8-2-6-4-9(12)10(13(15)16)5-7(6)3-8;1-15-11(14)8-2-6-4-9(12)10(13)5-7(6)3-8;1-14-11(13)9-4-7-2-3-10(12)6-8(7)5-9;;/h3-6,9-10,14H,7-8H2,1-2H3,(H2,22,27,28);2-5,8-9,12H,6-7H2,1H3;1-4,7-8,11H,5-6H2,(H,18,19);4-5,8H,2-3H2,1H3;4-5,8H,2-3H2,1H3;4-5,8H,2-3,13H2,1H3;2-3,6,9H,4-5H2,1H3;1H3;/q;;;;;;;-1;. The Kier molecular flexibility index (Phi) is 37.2. The van der Waals surface area contributed by atoms with Gasteiger partial charge in [0.2, 0.25) is 15.9 Å². The zero-order valence-corrected chi connectivity index (χ0v) is 86.5. The number of nitrogens with two attached hydrogens (primary N) is 2. The number of aromatic nitrogens is 4. The molecule has 7 aliphatic rings. The summed E-state index contributed by atoms with van der Waals surface area (Å²) < 4.78 is 50.4. The molecule has 0 radical (unpaired) electrons. The normalized spacial score (nSPS) is 17.2. The number of esters is 5. The van der Waals surface area contributed by atoms with Gasteiger partial charge in [0.1, 0.15) is 0 Å². The number of pyridine rings is 3. The predicted octanol–water partition coefficient (Wildman–Crippen LogP) is 19.6. The first-order chi connectivity index (χ1) is 61.9. The van der Waals surface area contributed by atoms with E-state index in [0.29, 0.717) is 86.8 Å². The first-order valence-corrected chi connectivity index (χ1v) is 47.8. The van der Waals surface area contributed by atoms with E-state index in [1.54, 1.807) is 38.6 Å². The van der Waals surface area contributed by atoms with Gasteiger partial charge in [-0.25, -0.2) is 18.5 Å². The molecule has 11 aromatic rings. The molecule has 7 atom stereocenters. The number of aryl methyl sites for hydroxylation is 1. The van der Waals surface area contributed by atoms with Crippen molar-refractivity contribution in [2.75, 3.05) is 53.2 Å². The van der Waals surface area contributed by atoms with Gasteiger partial charge in [-0.15, -0.1) is 0 Å². The van der Waals surface area contributed by atoms with Crippen molar-refractivity contribution in [3.63, 3.8) is 0 Å². The number of aliphatic carboxylic acids is 1. The van der Waals surface area contributed by atoms with Crippen molar-refractivity contribution in [2.24, 2.45) is 46.6 Å². The van der Waals surface area contributed by atoms with Crippen LogP contribution in [0.15, 0.2) is 186 Å². The number of fused-ring (bicyclic) bond motifs is 7. The maximum absolute atomic E-state index is 13.1. The smallest absolute Gasteiger partial charge is 0.309 e. The minimum Gasteiger partial charge on any atom is -0.481 e. The number of rotatable bonds is 13. The van der Waals surface area contributed by atoms with Crippen molar-refractivity contribution < 1.29 is 96.8 Å². The van der Waals surface area contributed by atoms with Gasteiger partial charge in [-0.3, -0.25) is 63.5 Å². The summed E-state index contributed by atoms with van der Waals surface area (Å²) in [4.78, 5) is 110. The monoisotopic (exact) mass is 2330 g/mol. The number of carbonyl (C=O) groups is 7. The molecule has 18 rings (SSSR count). The van der Waals surface area contributed by atoms with Gasteiger partial charge in [-0.2, -0.15) is 0 Å². The number of nitro groups is 1. The van der Waals surface area contributed by atoms with Gasteiger partial charge in [-0.1, -0.05) is 97.9 Å². The van der Waals surface area contributed by atoms with Gasteiger partial charge < -0.3 is 42.0 Å². The van der Waals surface area contributed by atoms with Crippen LogP contribution in [0.1, 0.15) is 83.6 Å². The number of amides is 1. The maximum atomic E-state index is 13.1. The van der Waals surface area contributed by atoms with Crippen molar-refractivity contribution >= 4 is 190 Å². The molecule has 4 aromatic heterocycles. The molecule has 5 N–H and O–H groups in total. The van der Waals surface area contributed by atoms with Gasteiger partial charge in [0.25, 0.3) is 5.69 Å². The molecule has 7 aromatic carbocycles. The summed E-state index contributed by atoms with van der Waals surface area (Å²) >= 11 is 39.3. The summed E-state index contributed by atoms with van der Waals surface area (Å²) in [6.45, 7) is 1.56. The zero-order valence-electron chi connectivity index (χ0n) is 72.6. The fourth-order valence-corrected chi connectivity index (χ4v) is 21.5. The van der Waals surface area contributed by atoms with Gasteiger partial charge in [0.05, 0.1) is 123 Å². The molecule has 36 heteroatoms. The van der Waals surface area contributed by atoms with E-state index in [0.717, 1.165) is 158 Å². The molecule has 132 heavy (non-hydrogen) atoms. The predicted molar refractivity (Wildman–Crippen MR) is 519 cm³/mol.